The molecule has 1 atom stereocenters. The molecule has 102 valence electrons. The van der Waals surface area contributed by atoms with Gasteiger partial charge in [-0.15, -0.1) is 11.3 Å². The molecule has 1 unspecified atom stereocenters. The second-order valence-corrected chi connectivity index (χ2v) is 5.90. The molecule has 19 heavy (non-hydrogen) atoms. The Labute approximate surface area is 123 Å². The van der Waals surface area contributed by atoms with Crippen molar-refractivity contribution in [2.45, 2.75) is 19.9 Å². The van der Waals surface area contributed by atoms with Gasteiger partial charge in [0.25, 0.3) is 0 Å². The van der Waals surface area contributed by atoms with Crippen molar-refractivity contribution >= 4 is 22.9 Å². The predicted octanol–water partition coefficient (Wildman–Crippen LogP) is 4.34. The summed E-state index contributed by atoms with van der Waals surface area (Å²) in [4.78, 5) is 1.15. The molecule has 0 bridgehead atoms. The molecule has 4 heteroatoms. The maximum Gasteiger partial charge on any atom is 0.124 e. The van der Waals surface area contributed by atoms with E-state index in [0.717, 1.165) is 26.8 Å². The minimum atomic E-state index is 0.121. The zero-order valence-corrected chi connectivity index (χ0v) is 13.2. The third-order valence-electron chi connectivity index (χ3n) is 3.22. The quantitative estimate of drug-likeness (QED) is 0.906. The molecule has 0 saturated carbocycles. The van der Waals surface area contributed by atoms with Crippen molar-refractivity contribution in [3.63, 3.8) is 0 Å². The van der Waals surface area contributed by atoms with Gasteiger partial charge in [-0.1, -0.05) is 23.7 Å². The lowest BCUT2D eigenvalue weighted by molar-refractivity contribution is 0.408. The van der Waals surface area contributed by atoms with Gasteiger partial charge in [0.05, 0.1) is 18.2 Å². The van der Waals surface area contributed by atoms with E-state index in [2.05, 4.69) is 31.3 Å². The van der Waals surface area contributed by atoms with Crippen LogP contribution in [0.1, 0.15) is 27.6 Å². The maximum atomic E-state index is 6.25. The summed E-state index contributed by atoms with van der Waals surface area (Å²) in [7, 11) is 3.66. The van der Waals surface area contributed by atoms with Crippen LogP contribution in [0.4, 0.5) is 0 Å². The number of halogens is 1. The summed E-state index contributed by atoms with van der Waals surface area (Å²) in [6.07, 6.45) is 0. The number of hydrogen-bond donors (Lipinski definition) is 1. The van der Waals surface area contributed by atoms with Gasteiger partial charge in [-0.25, -0.2) is 0 Å². The van der Waals surface area contributed by atoms with E-state index in [4.69, 9.17) is 16.3 Å². The Bertz CT molecular complexity index is 556. The molecule has 1 N–H and O–H groups in total. The van der Waals surface area contributed by atoms with E-state index in [1.54, 1.807) is 18.4 Å². The Morgan fingerprint density at radius 3 is 2.32 bits per heavy atom. The zero-order valence-electron chi connectivity index (χ0n) is 11.6. The molecular weight excluding hydrogens is 278 g/mol. The van der Waals surface area contributed by atoms with Gasteiger partial charge in [0, 0.05) is 4.88 Å². The number of aryl methyl sites for hydroxylation is 2. The van der Waals surface area contributed by atoms with Crippen LogP contribution in [0.2, 0.25) is 5.02 Å². The standard InChI is InChI=1S/C15H18ClNOS/c1-9-7-11(8-10(2)14(9)18-4)13(17-3)15-12(16)5-6-19-15/h5-8,13,17H,1-4H3. The molecule has 0 spiro atoms. The first-order valence-corrected chi connectivity index (χ1v) is 7.39. The molecule has 0 aliphatic carbocycles. The van der Waals surface area contributed by atoms with E-state index in [1.807, 2.05) is 18.5 Å². The number of ether oxygens (including phenoxy) is 1. The number of hydrogen-bond acceptors (Lipinski definition) is 3. The average molecular weight is 296 g/mol. The summed E-state index contributed by atoms with van der Waals surface area (Å²) >= 11 is 7.92. The van der Waals surface area contributed by atoms with Gasteiger partial charge < -0.3 is 10.1 Å². The van der Waals surface area contributed by atoms with E-state index in [1.165, 1.54) is 5.56 Å². The lowest BCUT2D eigenvalue weighted by Crippen LogP contribution is -2.17. The molecular formula is C15H18ClNOS. The van der Waals surface area contributed by atoms with Crippen molar-refractivity contribution in [2.75, 3.05) is 14.2 Å². The number of nitrogens with one attached hydrogen (secondary N) is 1. The minimum absolute atomic E-state index is 0.121. The second kappa shape index (κ2) is 5.95. The van der Waals surface area contributed by atoms with E-state index in [-0.39, 0.29) is 6.04 Å². The Morgan fingerprint density at radius 2 is 1.89 bits per heavy atom. The largest absolute Gasteiger partial charge is 0.496 e. The highest BCUT2D eigenvalue weighted by Gasteiger charge is 2.18. The van der Waals surface area contributed by atoms with Crippen LogP contribution < -0.4 is 10.1 Å². The predicted molar refractivity (Wildman–Crippen MR) is 82.7 cm³/mol. The maximum absolute atomic E-state index is 6.25. The molecule has 0 saturated heterocycles. The highest BCUT2D eigenvalue weighted by Crippen LogP contribution is 2.35. The fourth-order valence-electron chi connectivity index (χ4n) is 2.43. The van der Waals surface area contributed by atoms with Crippen molar-refractivity contribution < 1.29 is 4.74 Å². The van der Waals surface area contributed by atoms with Crippen molar-refractivity contribution in [1.29, 1.82) is 0 Å². The lowest BCUT2D eigenvalue weighted by atomic mass is 9.99. The van der Waals surface area contributed by atoms with Crippen LogP contribution in [-0.4, -0.2) is 14.2 Å². The van der Waals surface area contributed by atoms with E-state index in [9.17, 15) is 0 Å². The first kappa shape index (κ1) is 14.4. The van der Waals surface area contributed by atoms with Crippen LogP contribution >= 0.6 is 22.9 Å². The van der Waals surface area contributed by atoms with E-state index < -0.39 is 0 Å². The molecule has 0 radical (unpaired) electrons. The van der Waals surface area contributed by atoms with Crippen LogP contribution in [-0.2, 0) is 0 Å². The van der Waals surface area contributed by atoms with Crippen LogP contribution in [0.25, 0.3) is 0 Å². The fraction of sp³-hybridized carbons (Fsp3) is 0.333. The van der Waals surface area contributed by atoms with Gasteiger partial charge in [-0.05, 0) is 49.0 Å². The number of methoxy groups -OCH3 is 1. The van der Waals surface area contributed by atoms with Gasteiger partial charge in [0.1, 0.15) is 5.75 Å². The lowest BCUT2D eigenvalue weighted by Gasteiger charge is -2.19. The Hall–Kier alpha value is -1.03. The molecule has 0 fully saturated rings. The van der Waals surface area contributed by atoms with E-state index >= 15 is 0 Å². The topological polar surface area (TPSA) is 21.3 Å². The molecule has 1 aromatic carbocycles. The molecule has 2 aromatic rings. The fourth-order valence-corrected chi connectivity index (χ4v) is 3.73. The minimum Gasteiger partial charge on any atom is -0.496 e. The summed E-state index contributed by atoms with van der Waals surface area (Å²) < 4.78 is 5.41. The Balaban J connectivity index is 2.48. The molecule has 2 rings (SSSR count). The molecule has 0 aliphatic heterocycles. The van der Waals surface area contributed by atoms with Crippen molar-refractivity contribution in [1.82, 2.24) is 5.32 Å². The Kier molecular flexibility index (Phi) is 4.50. The number of rotatable bonds is 4. The zero-order chi connectivity index (χ0) is 14.0. The molecule has 0 aliphatic rings. The van der Waals surface area contributed by atoms with Crippen molar-refractivity contribution in [2.24, 2.45) is 0 Å². The second-order valence-electron chi connectivity index (χ2n) is 4.54. The summed E-state index contributed by atoms with van der Waals surface area (Å²) in [5.74, 6) is 0.955. The van der Waals surface area contributed by atoms with Crippen LogP contribution in [0.3, 0.4) is 0 Å². The van der Waals surface area contributed by atoms with Crippen LogP contribution in [0, 0.1) is 13.8 Å². The number of thiophene rings is 1. The summed E-state index contributed by atoms with van der Waals surface area (Å²) in [5, 5.41) is 6.17. The molecule has 0 amide bonds. The summed E-state index contributed by atoms with van der Waals surface area (Å²) in [6, 6.07) is 6.37. The van der Waals surface area contributed by atoms with Gasteiger partial charge in [0.15, 0.2) is 0 Å². The summed E-state index contributed by atoms with van der Waals surface area (Å²) in [6.45, 7) is 4.14. The van der Waals surface area contributed by atoms with Crippen molar-refractivity contribution in [3.8, 4) is 5.75 Å². The first-order chi connectivity index (χ1) is 9.08. The SMILES string of the molecule is CNC(c1cc(C)c(OC)c(C)c1)c1sccc1Cl. The van der Waals surface area contributed by atoms with Crippen LogP contribution in [0.5, 0.6) is 5.75 Å². The van der Waals surface area contributed by atoms with Gasteiger partial charge >= 0.3 is 0 Å². The van der Waals surface area contributed by atoms with Gasteiger partial charge in [0.2, 0.25) is 0 Å². The first-order valence-electron chi connectivity index (χ1n) is 6.13. The number of benzene rings is 1. The molecule has 1 aromatic heterocycles. The summed E-state index contributed by atoms with van der Waals surface area (Å²) in [5.41, 5.74) is 3.50. The van der Waals surface area contributed by atoms with Gasteiger partial charge in [-0.3, -0.25) is 0 Å². The highest BCUT2D eigenvalue weighted by molar-refractivity contribution is 7.10. The molecule has 1 heterocycles. The molecule has 2 nitrogen and oxygen atoms in total. The smallest absolute Gasteiger partial charge is 0.124 e. The van der Waals surface area contributed by atoms with Crippen LogP contribution in [0.15, 0.2) is 23.6 Å². The van der Waals surface area contributed by atoms with Crippen molar-refractivity contribution in [3.05, 3.63) is 50.2 Å². The van der Waals surface area contributed by atoms with Gasteiger partial charge in [-0.2, -0.15) is 0 Å². The Morgan fingerprint density at radius 1 is 1.26 bits per heavy atom. The third kappa shape index (κ3) is 2.78. The van der Waals surface area contributed by atoms with E-state index in [0.29, 0.717) is 0 Å². The third-order valence-corrected chi connectivity index (χ3v) is 4.64. The average Bonchev–Trinajstić information content (AvgIpc) is 2.77. The normalized spacial score (nSPS) is 12.5. The highest BCUT2D eigenvalue weighted by atomic mass is 35.5. The monoisotopic (exact) mass is 295 g/mol.